The largest absolute Gasteiger partial charge is 0.380 e. The molecule has 3 heteroatoms. The van der Waals surface area contributed by atoms with Crippen molar-refractivity contribution in [2.75, 3.05) is 20.3 Å². The molecule has 0 amide bonds. The Morgan fingerprint density at radius 2 is 2.29 bits per heavy atom. The third-order valence-electron chi connectivity index (χ3n) is 2.09. The maximum absolute atomic E-state index is 5.91. The number of likely N-dealkylation sites (N-methyl/N-ethyl adjacent to an activating group) is 1. The lowest BCUT2D eigenvalue weighted by molar-refractivity contribution is 0.125. The van der Waals surface area contributed by atoms with Crippen LogP contribution in [0.15, 0.2) is 24.3 Å². The average Bonchev–Trinajstić information content (AvgIpc) is 2.19. The third kappa shape index (κ3) is 3.29. The van der Waals surface area contributed by atoms with E-state index in [-0.39, 0.29) is 6.04 Å². The fraction of sp³-hybridized carbons (Fsp3) is 0.455. The number of hydrogen-bond donors (Lipinski definition) is 1. The molecule has 0 saturated heterocycles. The molecule has 14 heavy (non-hydrogen) atoms. The van der Waals surface area contributed by atoms with Gasteiger partial charge >= 0.3 is 0 Å². The average molecular weight is 214 g/mol. The minimum Gasteiger partial charge on any atom is -0.380 e. The van der Waals surface area contributed by atoms with Gasteiger partial charge in [0.15, 0.2) is 0 Å². The molecule has 0 aromatic heterocycles. The van der Waals surface area contributed by atoms with Gasteiger partial charge in [0.25, 0.3) is 0 Å². The first-order valence-corrected chi connectivity index (χ1v) is 5.16. The summed E-state index contributed by atoms with van der Waals surface area (Å²) in [4.78, 5) is 0. The van der Waals surface area contributed by atoms with Gasteiger partial charge in [0, 0.05) is 11.6 Å². The number of halogens is 1. The molecule has 0 bridgehead atoms. The molecule has 0 radical (unpaired) electrons. The van der Waals surface area contributed by atoms with Crippen molar-refractivity contribution in [1.29, 1.82) is 0 Å². The van der Waals surface area contributed by atoms with E-state index >= 15 is 0 Å². The maximum atomic E-state index is 5.91. The standard InChI is InChI=1S/C11H16ClNO/c1-3-14-8-11(13-2)9-5-4-6-10(12)7-9/h4-7,11,13H,3,8H2,1-2H3. The van der Waals surface area contributed by atoms with Crippen LogP contribution in [0.1, 0.15) is 18.5 Å². The molecule has 0 saturated carbocycles. The van der Waals surface area contributed by atoms with Crippen molar-refractivity contribution in [3.05, 3.63) is 34.9 Å². The summed E-state index contributed by atoms with van der Waals surface area (Å²) in [7, 11) is 1.92. The van der Waals surface area contributed by atoms with Gasteiger partial charge in [-0.2, -0.15) is 0 Å². The van der Waals surface area contributed by atoms with Gasteiger partial charge in [-0.05, 0) is 31.7 Å². The predicted molar refractivity (Wildman–Crippen MR) is 59.7 cm³/mol. The van der Waals surface area contributed by atoms with E-state index in [9.17, 15) is 0 Å². The Bertz CT molecular complexity index is 278. The number of rotatable bonds is 5. The third-order valence-corrected chi connectivity index (χ3v) is 2.32. The fourth-order valence-electron chi connectivity index (χ4n) is 1.31. The van der Waals surface area contributed by atoms with Crippen molar-refractivity contribution < 1.29 is 4.74 Å². The Kier molecular flexibility index (Phi) is 4.94. The molecule has 1 aromatic carbocycles. The zero-order valence-electron chi connectivity index (χ0n) is 8.59. The smallest absolute Gasteiger partial charge is 0.0661 e. The highest BCUT2D eigenvalue weighted by Crippen LogP contribution is 2.17. The van der Waals surface area contributed by atoms with Crippen LogP contribution in [0.4, 0.5) is 0 Å². The molecule has 78 valence electrons. The van der Waals surface area contributed by atoms with Crippen LogP contribution in [-0.2, 0) is 4.74 Å². The maximum Gasteiger partial charge on any atom is 0.0661 e. The molecule has 1 atom stereocenters. The van der Waals surface area contributed by atoms with E-state index in [1.54, 1.807) is 0 Å². The quantitative estimate of drug-likeness (QED) is 0.812. The Hall–Kier alpha value is -0.570. The molecule has 0 aliphatic rings. The lowest BCUT2D eigenvalue weighted by Gasteiger charge is -2.16. The lowest BCUT2D eigenvalue weighted by Crippen LogP contribution is -2.21. The van der Waals surface area contributed by atoms with Crippen LogP contribution in [0.5, 0.6) is 0 Å². The molecule has 0 fully saturated rings. The molecule has 1 rings (SSSR count). The first-order chi connectivity index (χ1) is 6.77. The molecule has 1 N–H and O–H groups in total. The first-order valence-electron chi connectivity index (χ1n) is 4.78. The summed E-state index contributed by atoms with van der Waals surface area (Å²) in [5.74, 6) is 0. The van der Waals surface area contributed by atoms with Gasteiger partial charge in [0.1, 0.15) is 0 Å². The number of nitrogens with one attached hydrogen (secondary N) is 1. The van der Waals surface area contributed by atoms with Crippen molar-refractivity contribution in [1.82, 2.24) is 5.32 Å². The second kappa shape index (κ2) is 6.02. The monoisotopic (exact) mass is 213 g/mol. The lowest BCUT2D eigenvalue weighted by atomic mass is 10.1. The summed E-state index contributed by atoms with van der Waals surface area (Å²) in [5.41, 5.74) is 1.16. The summed E-state index contributed by atoms with van der Waals surface area (Å²) >= 11 is 5.91. The van der Waals surface area contributed by atoms with Crippen LogP contribution in [0.25, 0.3) is 0 Å². The molecule has 0 heterocycles. The van der Waals surface area contributed by atoms with E-state index < -0.39 is 0 Å². The summed E-state index contributed by atoms with van der Waals surface area (Å²) in [6.07, 6.45) is 0. The van der Waals surface area contributed by atoms with Gasteiger partial charge in [-0.1, -0.05) is 23.7 Å². The number of hydrogen-bond acceptors (Lipinski definition) is 2. The first kappa shape index (κ1) is 11.5. The molecule has 0 aliphatic heterocycles. The number of ether oxygens (including phenoxy) is 1. The SMILES string of the molecule is CCOCC(NC)c1cccc(Cl)c1. The molecule has 2 nitrogen and oxygen atoms in total. The fourth-order valence-corrected chi connectivity index (χ4v) is 1.50. The number of benzene rings is 1. The van der Waals surface area contributed by atoms with Crippen molar-refractivity contribution in [3.8, 4) is 0 Å². The molecule has 0 aliphatic carbocycles. The van der Waals surface area contributed by atoms with Crippen molar-refractivity contribution >= 4 is 11.6 Å². The van der Waals surface area contributed by atoms with Crippen molar-refractivity contribution in [2.24, 2.45) is 0 Å². The topological polar surface area (TPSA) is 21.3 Å². The Morgan fingerprint density at radius 1 is 1.50 bits per heavy atom. The van der Waals surface area contributed by atoms with E-state index in [2.05, 4.69) is 5.32 Å². The normalized spacial score (nSPS) is 12.8. The Balaban J connectivity index is 2.68. The van der Waals surface area contributed by atoms with Crippen LogP contribution in [0, 0.1) is 0 Å². The highest BCUT2D eigenvalue weighted by Gasteiger charge is 2.08. The van der Waals surface area contributed by atoms with Gasteiger partial charge in [0.05, 0.1) is 12.6 Å². The molecular formula is C11H16ClNO. The van der Waals surface area contributed by atoms with Crippen LogP contribution in [-0.4, -0.2) is 20.3 Å². The van der Waals surface area contributed by atoms with Crippen LogP contribution >= 0.6 is 11.6 Å². The molecule has 1 unspecified atom stereocenters. The van der Waals surface area contributed by atoms with Crippen LogP contribution < -0.4 is 5.32 Å². The predicted octanol–water partition coefficient (Wildman–Crippen LogP) is 2.64. The Morgan fingerprint density at radius 3 is 2.86 bits per heavy atom. The van der Waals surface area contributed by atoms with E-state index in [0.29, 0.717) is 6.61 Å². The van der Waals surface area contributed by atoms with Gasteiger partial charge in [0.2, 0.25) is 0 Å². The second-order valence-corrected chi connectivity index (χ2v) is 3.49. The summed E-state index contributed by atoms with van der Waals surface area (Å²) < 4.78 is 5.38. The molecular weight excluding hydrogens is 198 g/mol. The van der Waals surface area contributed by atoms with Crippen LogP contribution in [0.3, 0.4) is 0 Å². The molecule has 1 aromatic rings. The van der Waals surface area contributed by atoms with Crippen molar-refractivity contribution in [2.45, 2.75) is 13.0 Å². The summed E-state index contributed by atoms with van der Waals surface area (Å²) in [6.45, 7) is 3.40. The van der Waals surface area contributed by atoms with Gasteiger partial charge < -0.3 is 10.1 Å². The molecule has 0 spiro atoms. The highest BCUT2D eigenvalue weighted by molar-refractivity contribution is 6.30. The van der Waals surface area contributed by atoms with Crippen molar-refractivity contribution in [3.63, 3.8) is 0 Å². The van der Waals surface area contributed by atoms with Crippen LogP contribution in [0.2, 0.25) is 5.02 Å². The Labute approximate surface area is 90.2 Å². The van der Waals surface area contributed by atoms with E-state index in [4.69, 9.17) is 16.3 Å². The minimum absolute atomic E-state index is 0.216. The zero-order valence-corrected chi connectivity index (χ0v) is 9.34. The van der Waals surface area contributed by atoms with E-state index in [1.165, 1.54) is 0 Å². The van der Waals surface area contributed by atoms with Gasteiger partial charge in [-0.3, -0.25) is 0 Å². The summed E-state index contributed by atoms with van der Waals surface area (Å²) in [6, 6.07) is 8.05. The zero-order chi connectivity index (χ0) is 10.4. The van der Waals surface area contributed by atoms with Gasteiger partial charge in [-0.15, -0.1) is 0 Å². The highest BCUT2D eigenvalue weighted by atomic mass is 35.5. The summed E-state index contributed by atoms with van der Waals surface area (Å²) in [5, 5.41) is 3.96. The van der Waals surface area contributed by atoms with E-state index in [1.807, 2.05) is 38.2 Å². The second-order valence-electron chi connectivity index (χ2n) is 3.06. The minimum atomic E-state index is 0.216. The van der Waals surface area contributed by atoms with E-state index in [0.717, 1.165) is 17.2 Å². The van der Waals surface area contributed by atoms with Gasteiger partial charge in [-0.25, -0.2) is 0 Å².